The van der Waals surface area contributed by atoms with Crippen molar-refractivity contribution in [3.05, 3.63) is 124 Å². The van der Waals surface area contributed by atoms with Gasteiger partial charge in [0.05, 0.1) is 0 Å². The molecule has 19 heteroatoms. The van der Waals surface area contributed by atoms with Crippen molar-refractivity contribution in [3.63, 3.8) is 0 Å². The topological polar surface area (TPSA) is 243 Å². The van der Waals surface area contributed by atoms with Gasteiger partial charge >= 0.3 is 30.2 Å². The molecule has 1 aliphatic carbocycles. The number of carbonyl (C=O) groups excluding carboxylic acids is 7. The van der Waals surface area contributed by atoms with Crippen LogP contribution in [0.5, 0.6) is 0 Å². The molecule has 3 heterocycles. The van der Waals surface area contributed by atoms with E-state index in [0.29, 0.717) is 44.5 Å². The van der Waals surface area contributed by atoms with Gasteiger partial charge in [0.1, 0.15) is 47.9 Å². The summed E-state index contributed by atoms with van der Waals surface area (Å²) in [6.07, 6.45) is 9.22. The number of anilines is 1. The van der Waals surface area contributed by atoms with Crippen LogP contribution in [0.2, 0.25) is 0 Å². The number of hydrogen-bond acceptors (Lipinski definition) is 14. The lowest BCUT2D eigenvalue weighted by Gasteiger charge is -2.31. The molecule has 2 atom stereocenters. The Morgan fingerprint density at radius 3 is 1.44 bits per heavy atom. The number of carbonyl (C=O) groups is 7. The van der Waals surface area contributed by atoms with Crippen LogP contribution in [0.25, 0.3) is 0 Å². The Hall–Kier alpha value is -7.57. The number of nitrogens with one attached hydrogen (secondary N) is 4. The van der Waals surface area contributed by atoms with Crippen molar-refractivity contribution in [2.75, 3.05) is 24.5 Å². The van der Waals surface area contributed by atoms with E-state index in [1.165, 1.54) is 24.1 Å². The molecule has 4 N–H and O–H groups in total. The highest BCUT2D eigenvalue weighted by atomic mass is 16.6. The number of nitrogens with zero attached hydrogens (tertiary/aromatic N) is 3. The second-order valence-corrected chi connectivity index (χ2v) is 23.2. The zero-order valence-electron chi connectivity index (χ0n) is 48.9. The molecule has 6 rings (SSSR count). The summed E-state index contributed by atoms with van der Waals surface area (Å²) in [4.78, 5) is 99.1. The average Bonchev–Trinajstić information content (AvgIpc) is 3.46. The molecular formula is C62H85N7O12. The zero-order valence-corrected chi connectivity index (χ0v) is 48.9. The molecule has 1 aliphatic heterocycles. The molecule has 440 valence electrons. The molecule has 0 radical (unpaired) electrons. The van der Waals surface area contributed by atoms with E-state index in [-0.39, 0.29) is 44.5 Å². The smallest absolute Gasteiger partial charge is 0.416 e. The molecule has 2 aromatic carbocycles. The fraction of sp³-hybridized carbons (Fsp3) is 0.532. The lowest BCUT2D eigenvalue weighted by Crippen LogP contribution is -2.50. The van der Waals surface area contributed by atoms with Gasteiger partial charge in [-0.05, 0) is 174 Å². The second kappa shape index (κ2) is 31.4. The number of amides is 5. The summed E-state index contributed by atoms with van der Waals surface area (Å²) in [6.45, 7) is 16.4. The standard InChI is InChI=1S/C33H46N4O7.C29H39N3O5/c1-32(2,3)43-29(39)26(36-30(40)42-22-23-13-8-7-9-14-23)21-34-27(38)17-11-10-16-25-19-18-24-15-12-20-37(28(24)35-25)31(41)44-33(4,5)6;1-29(2,3)37-27(34)25(32-28(35)36-20-21-11-5-4-6-12-21)19-30-26(33)16-10-8-14-23-18-17-22-13-7-9-15-24(22)31-23/h7-9,13-14,18-19,26H,10-12,15-17,20-22H2,1-6H3,(H,34,38)(H,36,40);4-6,11-12,17-18,25H,7-10,13-16,19-20H2,1-3H3,(H,30,33)(H,32,35)/t26-;25-/m00/s1. The Balaban J connectivity index is 0.000000302. The number of rotatable bonds is 22. The van der Waals surface area contributed by atoms with Crippen molar-refractivity contribution in [3.8, 4) is 0 Å². The molecule has 4 aromatic rings. The first-order chi connectivity index (χ1) is 38.4. The van der Waals surface area contributed by atoms with Gasteiger partial charge in [-0.25, -0.2) is 29.0 Å². The average molecular weight is 1120 g/mol. The Morgan fingerprint density at radius 2 is 0.963 bits per heavy atom. The molecule has 19 nitrogen and oxygen atoms in total. The summed E-state index contributed by atoms with van der Waals surface area (Å²) in [6, 6.07) is 24.5. The number of unbranched alkanes of at least 4 members (excludes halogenated alkanes) is 2. The van der Waals surface area contributed by atoms with Gasteiger partial charge in [-0.3, -0.25) is 19.5 Å². The largest absolute Gasteiger partial charge is 0.458 e. The SMILES string of the molecule is CC(C)(C)OC(=O)[C@H](CNC(=O)CCCCc1ccc2c(n1)CCCC2)NC(=O)OCc1ccccc1.CC(C)(C)OC(=O)[C@H](CNC(=O)CCCCc1ccc2c(n1)N(C(=O)OC(C)(C)C)CCC2)NC(=O)OCc1ccccc1. The van der Waals surface area contributed by atoms with Crippen molar-refractivity contribution in [1.29, 1.82) is 0 Å². The molecule has 0 bridgehead atoms. The van der Waals surface area contributed by atoms with Crippen LogP contribution in [0.4, 0.5) is 20.2 Å². The van der Waals surface area contributed by atoms with Crippen LogP contribution in [0, 0.1) is 0 Å². The van der Waals surface area contributed by atoms with Gasteiger partial charge < -0.3 is 45.0 Å². The number of aromatic nitrogens is 2. The molecule has 5 amide bonds. The monoisotopic (exact) mass is 1120 g/mol. The maximum atomic E-state index is 12.8. The summed E-state index contributed by atoms with van der Waals surface area (Å²) in [5.41, 5.74) is 5.04. The van der Waals surface area contributed by atoms with Crippen molar-refractivity contribution < 1.29 is 57.2 Å². The molecule has 2 aromatic heterocycles. The van der Waals surface area contributed by atoms with Crippen LogP contribution in [0.1, 0.15) is 159 Å². The van der Waals surface area contributed by atoms with Crippen LogP contribution in [-0.2, 0) is 88.2 Å². The Bertz CT molecular complexity index is 2700. The number of esters is 2. The van der Waals surface area contributed by atoms with Gasteiger partial charge in [-0.1, -0.05) is 72.8 Å². The third kappa shape index (κ3) is 24.8. The lowest BCUT2D eigenvalue weighted by molar-refractivity contribution is -0.158. The fourth-order valence-electron chi connectivity index (χ4n) is 8.62. The van der Waals surface area contributed by atoms with Gasteiger partial charge in [0, 0.05) is 49.6 Å². The molecule has 0 saturated carbocycles. The number of pyridine rings is 2. The summed E-state index contributed by atoms with van der Waals surface area (Å²) < 4.78 is 26.9. The molecule has 2 aliphatic rings. The first-order valence-corrected chi connectivity index (χ1v) is 28.3. The third-order valence-electron chi connectivity index (χ3n) is 12.5. The van der Waals surface area contributed by atoms with Crippen LogP contribution in [-0.4, -0.2) is 101 Å². The van der Waals surface area contributed by atoms with Crippen LogP contribution < -0.4 is 26.2 Å². The van der Waals surface area contributed by atoms with Gasteiger partial charge in [0.2, 0.25) is 11.8 Å². The predicted octanol–water partition coefficient (Wildman–Crippen LogP) is 9.66. The summed E-state index contributed by atoms with van der Waals surface area (Å²) in [5.74, 6) is -1.11. The van der Waals surface area contributed by atoms with Crippen molar-refractivity contribution in [2.45, 2.75) is 194 Å². The number of hydrogen-bond donors (Lipinski definition) is 4. The van der Waals surface area contributed by atoms with E-state index in [4.69, 9.17) is 33.7 Å². The molecule has 0 saturated heterocycles. The van der Waals surface area contributed by atoms with Crippen LogP contribution in [0.3, 0.4) is 0 Å². The van der Waals surface area contributed by atoms with Crippen LogP contribution >= 0.6 is 0 Å². The minimum absolute atomic E-state index is 0.0399. The normalized spacial score (nSPS) is 13.7. The first-order valence-electron chi connectivity index (χ1n) is 28.3. The molecule has 0 unspecified atom stereocenters. The number of alkyl carbamates (subject to hydrolysis) is 2. The highest BCUT2D eigenvalue weighted by Gasteiger charge is 2.31. The maximum Gasteiger partial charge on any atom is 0.416 e. The number of aryl methyl sites for hydroxylation is 5. The summed E-state index contributed by atoms with van der Waals surface area (Å²) >= 11 is 0. The van der Waals surface area contributed by atoms with Crippen molar-refractivity contribution in [1.82, 2.24) is 31.2 Å². The number of benzene rings is 2. The molecular weight excluding hydrogens is 1030 g/mol. The molecule has 0 fully saturated rings. The van der Waals surface area contributed by atoms with Gasteiger partial charge in [-0.15, -0.1) is 0 Å². The Labute approximate surface area is 477 Å². The van der Waals surface area contributed by atoms with Crippen molar-refractivity contribution in [2.24, 2.45) is 0 Å². The predicted molar refractivity (Wildman–Crippen MR) is 307 cm³/mol. The summed E-state index contributed by atoms with van der Waals surface area (Å²) in [5, 5.41) is 10.5. The fourth-order valence-corrected chi connectivity index (χ4v) is 8.62. The quantitative estimate of drug-likeness (QED) is 0.0325. The van der Waals surface area contributed by atoms with E-state index < -0.39 is 59.1 Å². The third-order valence-corrected chi connectivity index (χ3v) is 12.5. The van der Waals surface area contributed by atoms with E-state index in [1.54, 1.807) is 46.4 Å². The van der Waals surface area contributed by atoms with Crippen molar-refractivity contribution >= 4 is 47.9 Å². The minimum Gasteiger partial charge on any atom is -0.458 e. The lowest BCUT2D eigenvalue weighted by atomic mass is 9.95. The minimum atomic E-state index is -1.12. The maximum absolute atomic E-state index is 12.8. The van der Waals surface area contributed by atoms with E-state index in [1.807, 2.05) is 93.6 Å². The second-order valence-electron chi connectivity index (χ2n) is 23.2. The molecule has 81 heavy (non-hydrogen) atoms. The molecule has 0 spiro atoms. The van der Waals surface area contributed by atoms with Gasteiger partial charge in [-0.2, -0.15) is 0 Å². The number of fused-ring (bicyclic) bond motifs is 2. The van der Waals surface area contributed by atoms with Crippen LogP contribution in [0.15, 0.2) is 84.9 Å². The van der Waals surface area contributed by atoms with Gasteiger partial charge in [0.15, 0.2) is 0 Å². The van der Waals surface area contributed by atoms with E-state index in [0.717, 1.165) is 66.6 Å². The summed E-state index contributed by atoms with van der Waals surface area (Å²) in [7, 11) is 0. The van der Waals surface area contributed by atoms with E-state index in [9.17, 15) is 33.6 Å². The highest BCUT2D eigenvalue weighted by Crippen LogP contribution is 2.28. The van der Waals surface area contributed by atoms with E-state index in [2.05, 4.69) is 33.4 Å². The van der Waals surface area contributed by atoms with Gasteiger partial charge in [0.25, 0.3) is 0 Å². The highest BCUT2D eigenvalue weighted by molar-refractivity contribution is 5.88. The number of ether oxygens (including phenoxy) is 5. The zero-order chi connectivity index (χ0) is 59.0. The Kier molecular flexibility index (Phi) is 24.9. The first kappa shape index (κ1) is 64.3. The Morgan fingerprint density at radius 1 is 0.519 bits per heavy atom. The van der Waals surface area contributed by atoms with E-state index >= 15 is 0 Å².